The number of hydrogen-bond acceptors (Lipinski definition) is 3. The van der Waals surface area contributed by atoms with Gasteiger partial charge in [0, 0.05) is 6.54 Å². The SMILES string of the molecule is CC(OCC(=O)NCC(C)c1ccccc1)C(=O)O. The highest BCUT2D eigenvalue weighted by Gasteiger charge is 2.13. The van der Waals surface area contributed by atoms with Gasteiger partial charge >= 0.3 is 5.97 Å². The quantitative estimate of drug-likeness (QED) is 0.781. The maximum atomic E-state index is 11.5. The number of hydrogen-bond donors (Lipinski definition) is 2. The monoisotopic (exact) mass is 265 g/mol. The predicted octanol–water partition coefficient (Wildman–Crippen LogP) is 1.40. The van der Waals surface area contributed by atoms with Crippen LogP contribution < -0.4 is 5.32 Å². The zero-order valence-electron chi connectivity index (χ0n) is 11.1. The van der Waals surface area contributed by atoms with Gasteiger partial charge in [0.15, 0.2) is 6.10 Å². The molecule has 2 N–H and O–H groups in total. The van der Waals surface area contributed by atoms with E-state index in [0.29, 0.717) is 6.54 Å². The van der Waals surface area contributed by atoms with E-state index < -0.39 is 12.1 Å². The molecular formula is C14H19NO4. The van der Waals surface area contributed by atoms with Crippen LogP contribution in [0, 0.1) is 0 Å². The summed E-state index contributed by atoms with van der Waals surface area (Å²) in [5.41, 5.74) is 1.14. The van der Waals surface area contributed by atoms with Crippen molar-refractivity contribution >= 4 is 11.9 Å². The van der Waals surface area contributed by atoms with Gasteiger partial charge in [0.05, 0.1) is 0 Å². The van der Waals surface area contributed by atoms with E-state index in [1.165, 1.54) is 6.92 Å². The van der Waals surface area contributed by atoms with Crippen LogP contribution in [0.4, 0.5) is 0 Å². The molecule has 2 atom stereocenters. The second kappa shape index (κ2) is 7.53. The minimum Gasteiger partial charge on any atom is -0.479 e. The van der Waals surface area contributed by atoms with Crippen LogP contribution in [0.2, 0.25) is 0 Å². The Morgan fingerprint density at radius 3 is 2.47 bits per heavy atom. The Morgan fingerprint density at radius 1 is 1.26 bits per heavy atom. The molecule has 0 saturated carbocycles. The second-order valence-electron chi connectivity index (χ2n) is 4.41. The van der Waals surface area contributed by atoms with E-state index in [1.807, 2.05) is 37.3 Å². The molecule has 1 aromatic carbocycles. The van der Waals surface area contributed by atoms with Crippen molar-refractivity contribution in [2.24, 2.45) is 0 Å². The van der Waals surface area contributed by atoms with Crippen LogP contribution in [0.25, 0.3) is 0 Å². The van der Waals surface area contributed by atoms with Crippen molar-refractivity contribution in [2.45, 2.75) is 25.9 Å². The first-order valence-electron chi connectivity index (χ1n) is 6.16. The third kappa shape index (κ3) is 5.52. The molecule has 0 saturated heterocycles. The van der Waals surface area contributed by atoms with Crippen LogP contribution in [0.1, 0.15) is 25.3 Å². The summed E-state index contributed by atoms with van der Waals surface area (Å²) in [5.74, 6) is -1.19. The van der Waals surface area contributed by atoms with Crippen molar-refractivity contribution in [2.75, 3.05) is 13.2 Å². The van der Waals surface area contributed by atoms with Gasteiger partial charge in [-0.15, -0.1) is 0 Å². The van der Waals surface area contributed by atoms with Crippen LogP contribution in [-0.4, -0.2) is 36.2 Å². The average molecular weight is 265 g/mol. The van der Waals surface area contributed by atoms with Gasteiger partial charge in [0.1, 0.15) is 6.61 Å². The van der Waals surface area contributed by atoms with Gasteiger partial charge in [0.2, 0.25) is 5.91 Å². The molecule has 0 aromatic heterocycles. The normalized spacial score (nSPS) is 13.6. The highest BCUT2D eigenvalue weighted by atomic mass is 16.5. The molecule has 1 rings (SSSR count). The summed E-state index contributed by atoms with van der Waals surface area (Å²) in [6.07, 6.45) is -0.975. The lowest BCUT2D eigenvalue weighted by Crippen LogP contribution is -2.33. The zero-order valence-corrected chi connectivity index (χ0v) is 11.1. The fourth-order valence-corrected chi connectivity index (χ4v) is 1.49. The highest BCUT2D eigenvalue weighted by molar-refractivity contribution is 5.78. The average Bonchev–Trinajstić information content (AvgIpc) is 2.42. The summed E-state index contributed by atoms with van der Waals surface area (Å²) < 4.78 is 4.89. The maximum absolute atomic E-state index is 11.5. The molecule has 5 nitrogen and oxygen atoms in total. The Morgan fingerprint density at radius 2 is 1.89 bits per heavy atom. The number of rotatable bonds is 7. The minimum absolute atomic E-state index is 0.196. The number of carbonyl (C=O) groups is 2. The molecule has 1 amide bonds. The molecule has 0 fully saturated rings. The van der Waals surface area contributed by atoms with E-state index in [4.69, 9.17) is 9.84 Å². The number of aliphatic carboxylic acids is 1. The first-order valence-corrected chi connectivity index (χ1v) is 6.16. The van der Waals surface area contributed by atoms with E-state index >= 15 is 0 Å². The van der Waals surface area contributed by atoms with Crippen LogP contribution >= 0.6 is 0 Å². The van der Waals surface area contributed by atoms with Gasteiger partial charge in [-0.1, -0.05) is 37.3 Å². The molecule has 0 spiro atoms. The third-order valence-electron chi connectivity index (χ3n) is 2.79. The lowest BCUT2D eigenvalue weighted by molar-refractivity contribution is -0.150. The summed E-state index contributed by atoms with van der Waals surface area (Å²) in [5, 5.41) is 11.3. The maximum Gasteiger partial charge on any atom is 0.332 e. The highest BCUT2D eigenvalue weighted by Crippen LogP contribution is 2.12. The number of ether oxygens (including phenoxy) is 1. The Hall–Kier alpha value is -1.88. The predicted molar refractivity (Wildman–Crippen MR) is 70.9 cm³/mol. The summed E-state index contributed by atoms with van der Waals surface area (Å²) in [6.45, 7) is 3.65. The van der Waals surface area contributed by atoms with E-state index in [-0.39, 0.29) is 18.4 Å². The molecule has 104 valence electrons. The van der Waals surface area contributed by atoms with Gasteiger partial charge in [-0.05, 0) is 18.4 Å². The fraction of sp³-hybridized carbons (Fsp3) is 0.429. The van der Waals surface area contributed by atoms with E-state index in [1.54, 1.807) is 0 Å². The van der Waals surface area contributed by atoms with Gasteiger partial charge in [-0.3, -0.25) is 4.79 Å². The molecule has 0 bridgehead atoms. The van der Waals surface area contributed by atoms with Crippen molar-refractivity contribution in [1.29, 1.82) is 0 Å². The van der Waals surface area contributed by atoms with Gasteiger partial charge in [-0.25, -0.2) is 4.79 Å². The van der Waals surface area contributed by atoms with Crippen LogP contribution in [0.3, 0.4) is 0 Å². The molecule has 0 aliphatic rings. The smallest absolute Gasteiger partial charge is 0.332 e. The molecule has 0 radical (unpaired) electrons. The van der Waals surface area contributed by atoms with Crippen molar-refractivity contribution in [3.05, 3.63) is 35.9 Å². The number of nitrogens with one attached hydrogen (secondary N) is 1. The Labute approximate surface area is 112 Å². The lowest BCUT2D eigenvalue weighted by Gasteiger charge is -2.13. The van der Waals surface area contributed by atoms with Crippen LogP contribution in [0.15, 0.2) is 30.3 Å². The van der Waals surface area contributed by atoms with Gasteiger partial charge < -0.3 is 15.2 Å². The summed E-state index contributed by atoms with van der Waals surface area (Å²) in [4.78, 5) is 22.0. The Kier molecular flexibility index (Phi) is 6.02. The molecule has 0 aliphatic heterocycles. The minimum atomic E-state index is -1.08. The number of amides is 1. The number of benzene rings is 1. The molecule has 1 aromatic rings. The molecule has 0 aliphatic carbocycles. The summed E-state index contributed by atoms with van der Waals surface area (Å²) >= 11 is 0. The van der Waals surface area contributed by atoms with Crippen molar-refractivity contribution in [1.82, 2.24) is 5.32 Å². The fourth-order valence-electron chi connectivity index (χ4n) is 1.49. The number of carboxylic acids is 1. The molecule has 5 heteroatoms. The molecule has 0 heterocycles. The molecular weight excluding hydrogens is 246 g/mol. The largest absolute Gasteiger partial charge is 0.479 e. The lowest BCUT2D eigenvalue weighted by atomic mass is 10.0. The van der Waals surface area contributed by atoms with E-state index in [2.05, 4.69) is 5.32 Å². The van der Waals surface area contributed by atoms with Gasteiger partial charge in [-0.2, -0.15) is 0 Å². The van der Waals surface area contributed by atoms with Crippen molar-refractivity contribution < 1.29 is 19.4 Å². The van der Waals surface area contributed by atoms with Gasteiger partial charge in [0.25, 0.3) is 0 Å². The first kappa shape index (κ1) is 15.2. The standard InChI is InChI=1S/C14H19NO4/c1-10(12-6-4-3-5-7-12)8-15-13(16)9-19-11(2)14(17)18/h3-7,10-11H,8-9H2,1-2H3,(H,15,16)(H,17,18). The third-order valence-corrected chi connectivity index (χ3v) is 2.79. The Bertz CT molecular complexity index is 419. The number of carbonyl (C=O) groups excluding carboxylic acids is 1. The molecule has 2 unspecified atom stereocenters. The van der Waals surface area contributed by atoms with Crippen molar-refractivity contribution in [3.8, 4) is 0 Å². The topological polar surface area (TPSA) is 75.6 Å². The summed E-state index contributed by atoms with van der Waals surface area (Å²) in [7, 11) is 0. The van der Waals surface area contributed by atoms with Crippen molar-refractivity contribution in [3.63, 3.8) is 0 Å². The summed E-state index contributed by atoms with van der Waals surface area (Å²) in [6, 6.07) is 9.84. The van der Waals surface area contributed by atoms with E-state index in [9.17, 15) is 9.59 Å². The zero-order chi connectivity index (χ0) is 14.3. The van der Waals surface area contributed by atoms with Crippen LogP contribution in [0.5, 0.6) is 0 Å². The first-order chi connectivity index (χ1) is 9.00. The van der Waals surface area contributed by atoms with Crippen LogP contribution in [-0.2, 0) is 14.3 Å². The Balaban J connectivity index is 2.29. The second-order valence-corrected chi connectivity index (χ2v) is 4.41. The van der Waals surface area contributed by atoms with E-state index in [0.717, 1.165) is 5.56 Å². The number of carboxylic acid groups (broad SMARTS) is 1. The molecule has 19 heavy (non-hydrogen) atoms.